The smallest absolute Gasteiger partial charge is 0.264 e. The highest BCUT2D eigenvalue weighted by Crippen LogP contribution is 2.33. The van der Waals surface area contributed by atoms with Gasteiger partial charge in [-0.1, -0.05) is 79.0 Å². The maximum absolute atomic E-state index is 14.0. The number of halogens is 2. The lowest BCUT2D eigenvalue weighted by molar-refractivity contribution is -0.139. The topological polar surface area (TPSA) is 86.8 Å². The Balaban J connectivity index is 2.04. The van der Waals surface area contributed by atoms with Crippen LogP contribution in [0.5, 0.6) is 0 Å². The summed E-state index contributed by atoms with van der Waals surface area (Å²) in [4.78, 5) is 28.4. The largest absolute Gasteiger partial charge is 0.354 e. The van der Waals surface area contributed by atoms with Gasteiger partial charge < -0.3 is 10.2 Å². The minimum absolute atomic E-state index is 0.00958. The number of anilines is 1. The van der Waals surface area contributed by atoms with Gasteiger partial charge in [0.1, 0.15) is 12.6 Å². The summed E-state index contributed by atoms with van der Waals surface area (Å²) in [5, 5.41) is 3.25. The van der Waals surface area contributed by atoms with Crippen LogP contribution in [0.1, 0.15) is 37.8 Å². The van der Waals surface area contributed by atoms with E-state index in [2.05, 4.69) is 5.32 Å². The van der Waals surface area contributed by atoms with Gasteiger partial charge >= 0.3 is 0 Å². The van der Waals surface area contributed by atoms with E-state index in [-0.39, 0.29) is 33.1 Å². The minimum Gasteiger partial charge on any atom is -0.354 e. The number of nitrogens with one attached hydrogen (secondary N) is 1. The van der Waals surface area contributed by atoms with Crippen LogP contribution in [0.3, 0.4) is 0 Å². The number of hydrogen-bond acceptors (Lipinski definition) is 4. The molecule has 0 fully saturated rings. The van der Waals surface area contributed by atoms with Gasteiger partial charge in [0, 0.05) is 18.1 Å². The Hall–Kier alpha value is -3.07. The van der Waals surface area contributed by atoms with Crippen LogP contribution in [-0.2, 0) is 26.2 Å². The highest BCUT2D eigenvalue weighted by Gasteiger charge is 2.33. The molecule has 1 N–H and O–H groups in total. The van der Waals surface area contributed by atoms with Gasteiger partial charge in [-0.15, -0.1) is 0 Å². The average Bonchev–Trinajstić information content (AvgIpc) is 2.92. The Morgan fingerprint density at radius 1 is 0.974 bits per heavy atom. The fourth-order valence-corrected chi connectivity index (χ4v) is 5.88. The lowest BCUT2D eigenvalue weighted by Crippen LogP contribution is -2.51. The summed E-state index contributed by atoms with van der Waals surface area (Å²) >= 11 is 12.6. The Morgan fingerprint density at radius 2 is 1.64 bits per heavy atom. The number of carbonyl (C=O) groups is 2. The second-order valence-electron chi connectivity index (χ2n) is 9.19. The molecule has 0 aromatic heterocycles. The molecule has 2 amide bonds. The lowest BCUT2D eigenvalue weighted by Gasteiger charge is -2.32. The van der Waals surface area contributed by atoms with Crippen molar-refractivity contribution in [2.75, 3.05) is 17.4 Å². The molecule has 1 atom stereocenters. The van der Waals surface area contributed by atoms with E-state index in [9.17, 15) is 18.0 Å². The van der Waals surface area contributed by atoms with Crippen molar-refractivity contribution in [3.8, 4) is 0 Å². The van der Waals surface area contributed by atoms with Crippen molar-refractivity contribution >= 4 is 50.7 Å². The number of unbranched alkanes of at least 4 members (excludes halogenated alkanes) is 1. The van der Waals surface area contributed by atoms with Gasteiger partial charge in [0.25, 0.3) is 10.0 Å². The Morgan fingerprint density at radius 3 is 2.31 bits per heavy atom. The van der Waals surface area contributed by atoms with Crippen molar-refractivity contribution in [2.45, 2.75) is 51.1 Å². The molecule has 3 rings (SSSR count). The van der Waals surface area contributed by atoms with Crippen molar-refractivity contribution in [3.05, 3.63) is 94.0 Å². The number of benzene rings is 3. The molecule has 3 aromatic rings. The van der Waals surface area contributed by atoms with E-state index < -0.39 is 28.5 Å². The van der Waals surface area contributed by atoms with E-state index in [0.717, 1.165) is 28.3 Å². The van der Waals surface area contributed by atoms with Crippen molar-refractivity contribution in [1.82, 2.24) is 10.2 Å². The van der Waals surface area contributed by atoms with Gasteiger partial charge in [0.05, 0.1) is 15.6 Å². The number of nitrogens with zero attached hydrogens (tertiary/aromatic N) is 2. The van der Waals surface area contributed by atoms with E-state index in [1.165, 1.54) is 35.2 Å². The number of amides is 2. The predicted octanol–water partition coefficient (Wildman–Crippen LogP) is 5.83. The maximum atomic E-state index is 14.0. The van der Waals surface area contributed by atoms with Crippen LogP contribution in [0.25, 0.3) is 0 Å². The molecule has 0 spiro atoms. The first-order chi connectivity index (χ1) is 18.6. The van der Waals surface area contributed by atoms with E-state index in [1.807, 2.05) is 38.1 Å². The van der Waals surface area contributed by atoms with Crippen molar-refractivity contribution in [3.63, 3.8) is 0 Å². The van der Waals surface area contributed by atoms with Crippen LogP contribution in [0, 0.1) is 6.92 Å². The summed E-state index contributed by atoms with van der Waals surface area (Å²) in [6.07, 6.45) is 1.72. The molecular weight excluding hydrogens is 557 g/mol. The number of sulfonamides is 1. The summed E-state index contributed by atoms with van der Waals surface area (Å²) in [7, 11) is -4.22. The maximum Gasteiger partial charge on any atom is 0.264 e. The van der Waals surface area contributed by atoms with Crippen LogP contribution in [0.15, 0.2) is 77.7 Å². The quantitative estimate of drug-likeness (QED) is 0.269. The van der Waals surface area contributed by atoms with E-state index in [0.29, 0.717) is 6.54 Å². The number of hydrogen-bond donors (Lipinski definition) is 1. The summed E-state index contributed by atoms with van der Waals surface area (Å²) in [6.45, 7) is 5.60. The molecule has 0 aliphatic carbocycles. The summed E-state index contributed by atoms with van der Waals surface area (Å²) < 4.78 is 28.6. The zero-order valence-electron chi connectivity index (χ0n) is 22.2. The molecule has 0 heterocycles. The molecule has 0 unspecified atom stereocenters. The SMILES string of the molecule is CCCCNC(=O)[C@@H](C)N(Cc1ccccc1C)C(=O)CN(c1cc(Cl)ccc1Cl)S(=O)(=O)c1ccccc1. The number of carbonyl (C=O) groups excluding carboxylic acids is 2. The second kappa shape index (κ2) is 13.8. The molecule has 0 aliphatic rings. The first kappa shape index (κ1) is 30.5. The fraction of sp³-hybridized carbons (Fsp3) is 0.310. The summed E-state index contributed by atoms with van der Waals surface area (Å²) in [5.41, 5.74) is 1.86. The Kier molecular flexibility index (Phi) is 10.8. The van der Waals surface area contributed by atoms with E-state index >= 15 is 0 Å². The van der Waals surface area contributed by atoms with E-state index in [4.69, 9.17) is 23.2 Å². The molecule has 0 bridgehead atoms. The molecule has 0 radical (unpaired) electrons. The highest BCUT2D eigenvalue weighted by atomic mass is 35.5. The van der Waals surface area contributed by atoms with Crippen molar-refractivity contribution in [1.29, 1.82) is 0 Å². The molecule has 10 heteroatoms. The molecule has 0 saturated carbocycles. The fourth-order valence-electron chi connectivity index (χ4n) is 4.00. The third-order valence-electron chi connectivity index (χ3n) is 6.39. The van der Waals surface area contributed by atoms with Crippen LogP contribution in [0.2, 0.25) is 10.0 Å². The molecule has 39 heavy (non-hydrogen) atoms. The van der Waals surface area contributed by atoms with Gasteiger partial charge in [-0.2, -0.15) is 0 Å². The van der Waals surface area contributed by atoms with Crippen molar-refractivity contribution < 1.29 is 18.0 Å². The van der Waals surface area contributed by atoms with Crippen LogP contribution in [-0.4, -0.2) is 44.3 Å². The number of rotatable bonds is 12. The summed E-state index contributed by atoms with van der Waals surface area (Å²) in [5.74, 6) is -0.879. The van der Waals surface area contributed by atoms with Gasteiger partial charge in [0.2, 0.25) is 11.8 Å². The third-order valence-corrected chi connectivity index (χ3v) is 8.71. The summed E-state index contributed by atoms with van der Waals surface area (Å²) in [6, 6.07) is 18.9. The standard InChI is InChI=1S/C29H33Cl2N3O4S/c1-4-5-17-32-29(36)22(3)33(19-23-12-10-9-11-21(23)2)28(35)20-34(27-18-24(30)15-16-26(27)31)39(37,38)25-13-7-6-8-14-25/h6-16,18,22H,4-5,17,19-20H2,1-3H3,(H,32,36)/t22-/m1/s1. The molecule has 208 valence electrons. The average molecular weight is 591 g/mol. The zero-order valence-corrected chi connectivity index (χ0v) is 24.6. The monoisotopic (exact) mass is 589 g/mol. The third kappa shape index (κ3) is 7.75. The molecular formula is C29H33Cl2N3O4S. The van der Waals surface area contributed by atoms with Gasteiger partial charge in [0.15, 0.2) is 0 Å². The van der Waals surface area contributed by atoms with Gasteiger partial charge in [-0.05, 0) is 61.7 Å². The molecule has 0 aliphatic heterocycles. The molecule has 7 nitrogen and oxygen atoms in total. The van der Waals surface area contributed by atoms with Crippen LogP contribution >= 0.6 is 23.2 Å². The van der Waals surface area contributed by atoms with Gasteiger partial charge in [-0.25, -0.2) is 8.42 Å². The molecule has 0 saturated heterocycles. The van der Waals surface area contributed by atoms with Crippen LogP contribution < -0.4 is 9.62 Å². The zero-order chi connectivity index (χ0) is 28.6. The second-order valence-corrected chi connectivity index (χ2v) is 11.9. The predicted molar refractivity (Wildman–Crippen MR) is 157 cm³/mol. The van der Waals surface area contributed by atoms with E-state index in [1.54, 1.807) is 25.1 Å². The normalized spacial score (nSPS) is 12.0. The van der Waals surface area contributed by atoms with Crippen molar-refractivity contribution in [2.24, 2.45) is 0 Å². The highest BCUT2D eigenvalue weighted by molar-refractivity contribution is 7.92. The number of aryl methyl sites for hydroxylation is 1. The lowest BCUT2D eigenvalue weighted by atomic mass is 10.1. The first-order valence-electron chi connectivity index (χ1n) is 12.7. The van der Waals surface area contributed by atoms with Crippen LogP contribution in [0.4, 0.5) is 5.69 Å². The Labute approximate surface area is 240 Å². The first-order valence-corrected chi connectivity index (χ1v) is 14.9. The van der Waals surface area contributed by atoms with Gasteiger partial charge in [-0.3, -0.25) is 13.9 Å². The minimum atomic E-state index is -4.22. The molecule has 3 aromatic carbocycles. The Bertz CT molecular complexity index is 1400.